The van der Waals surface area contributed by atoms with Crippen LogP contribution in [0.1, 0.15) is 11.1 Å². The van der Waals surface area contributed by atoms with Crippen LogP contribution in [0, 0.1) is 5.82 Å². The van der Waals surface area contributed by atoms with Crippen molar-refractivity contribution in [2.75, 3.05) is 0 Å². The Hall–Kier alpha value is -1.21. The summed E-state index contributed by atoms with van der Waals surface area (Å²) in [5.41, 5.74) is -2.92. The maximum absolute atomic E-state index is 12.9. The average Bonchev–Trinajstić information content (AvgIpc) is 2.04. The van der Waals surface area contributed by atoms with E-state index >= 15 is 0 Å². The van der Waals surface area contributed by atoms with Crippen molar-refractivity contribution in [2.24, 2.45) is 0 Å². The van der Waals surface area contributed by atoms with Crippen molar-refractivity contribution in [1.82, 2.24) is 0 Å². The van der Waals surface area contributed by atoms with Gasteiger partial charge in [-0.2, -0.15) is 13.2 Å². The number of halogens is 7. The molecule has 0 atom stereocenters. The van der Waals surface area contributed by atoms with Gasteiger partial charge in [-0.25, -0.2) is 4.39 Å². The third kappa shape index (κ3) is 3.14. The first-order chi connectivity index (χ1) is 7.11. The van der Waals surface area contributed by atoms with Crippen LogP contribution in [-0.4, -0.2) is 6.98 Å². The van der Waals surface area contributed by atoms with E-state index in [9.17, 15) is 30.5 Å². The van der Waals surface area contributed by atoms with Crippen LogP contribution >= 0.6 is 0 Å². The van der Waals surface area contributed by atoms with Crippen LogP contribution in [0.3, 0.4) is 0 Å². The Labute approximate surface area is 86.1 Å². The molecule has 1 aromatic carbocycles. The lowest BCUT2D eigenvalue weighted by Crippen LogP contribution is -2.23. The quantitative estimate of drug-likeness (QED) is 0.549. The molecule has 0 aliphatic rings. The van der Waals surface area contributed by atoms with Gasteiger partial charge in [-0.3, -0.25) is 0 Å². The Morgan fingerprint density at radius 3 is 2.06 bits per heavy atom. The standard InChI is InChI=1S/C8H5BF7/c10-7-3-1-2-6(8(11,12)13)5(7)4-9(14,15)16/h1-3H,4H2/q-1. The minimum Gasteiger partial charge on any atom is -0.449 e. The lowest BCUT2D eigenvalue weighted by atomic mass is 9.80. The second kappa shape index (κ2) is 3.99. The van der Waals surface area contributed by atoms with Crippen molar-refractivity contribution in [1.29, 1.82) is 0 Å². The van der Waals surface area contributed by atoms with Gasteiger partial charge < -0.3 is 12.9 Å². The number of alkyl halides is 3. The van der Waals surface area contributed by atoms with E-state index in [1.54, 1.807) is 0 Å². The molecule has 0 aliphatic carbocycles. The highest BCUT2D eigenvalue weighted by atomic mass is 19.4. The monoisotopic (exact) mass is 245 g/mol. The number of rotatable bonds is 2. The van der Waals surface area contributed by atoms with E-state index in [0.717, 1.165) is 6.07 Å². The number of hydrogen-bond acceptors (Lipinski definition) is 0. The summed E-state index contributed by atoms with van der Waals surface area (Å²) >= 11 is 0. The van der Waals surface area contributed by atoms with Crippen LogP contribution in [0.5, 0.6) is 0 Å². The fourth-order valence-electron chi connectivity index (χ4n) is 1.26. The molecule has 0 aromatic heterocycles. The Morgan fingerprint density at radius 1 is 1.06 bits per heavy atom. The Morgan fingerprint density at radius 2 is 1.62 bits per heavy atom. The lowest BCUT2D eigenvalue weighted by molar-refractivity contribution is -0.138. The predicted octanol–water partition coefficient (Wildman–Crippen LogP) is 3.77. The summed E-state index contributed by atoms with van der Waals surface area (Å²) < 4.78 is 85.8. The summed E-state index contributed by atoms with van der Waals surface area (Å²) in [6.45, 7) is -5.51. The van der Waals surface area contributed by atoms with Gasteiger partial charge in [0.2, 0.25) is 0 Å². The molecular weight excluding hydrogens is 240 g/mol. The lowest BCUT2D eigenvalue weighted by Gasteiger charge is -2.18. The van der Waals surface area contributed by atoms with E-state index in [4.69, 9.17) is 0 Å². The molecule has 16 heavy (non-hydrogen) atoms. The molecule has 0 heterocycles. The number of benzene rings is 1. The first-order valence-corrected chi connectivity index (χ1v) is 4.17. The molecule has 0 radical (unpaired) electrons. The zero-order valence-electron chi connectivity index (χ0n) is 7.66. The molecule has 1 aromatic rings. The molecule has 1 rings (SSSR count). The summed E-state index contributed by atoms with van der Waals surface area (Å²) in [5, 5.41) is 0. The van der Waals surface area contributed by atoms with Crippen molar-refractivity contribution >= 4 is 6.98 Å². The average molecular weight is 245 g/mol. The van der Waals surface area contributed by atoms with Gasteiger partial charge in [0.05, 0.1) is 5.56 Å². The van der Waals surface area contributed by atoms with Gasteiger partial charge in [-0.1, -0.05) is 12.4 Å². The highest BCUT2D eigenvalue weighted by Gasteiger charge is 2.36. The molecule has 0 spiro atoms. The molecule has 8 heteroatoms. The molecule has 0 nitrogen and oxygen atoms in total. The molecule has 0 amide bonds. The fourth-order valence-corrected chi connectivity index (χ4v) is 1.26. The largest absolute Gasteiger partial charge is 0.482 e. The summed E-state index contributed by atoms with van der Waals surface area (Å²) in [6.07, 6.45) is -6.86. The molecule has 0 N–H and O–H groups in total. The minimum absolute atomic E-state index is 0.431. The summed E-state index contributed by atoms with van der Waals surface area (Å²) in [5.74, 6) is -1.49. The third-order valence-corrected chi connectivity index (χ3v) is 1.86. The fraction of sp³-hybridized carbons (Fsp3) is 0.250. The Balaban J connectivity index is 3.25. The topological polar surface area (TPSA) is 0 Å². The smallest absolute Gasteiger partial charge is 0.449 e. The molecule has 0 saturated carbocycles. The summed E-state index contributed by atoms with van der Waals surface area (Å²) in [4.78, 5) is 0. The zero-order valence-corrected chi connectivity index (χ0v) is 7.66. The van der Waals surface area contributed by atoms with Crippen LogP contribution in [-0.2, 0) is 12.5 Å². The van der Waals surface area contributed by atoms with Crippen LogP contribution in [0.15, 0.2) is 18.2 Å². The second-order valence-corrected chi connectivity index (χ2v) is 3.18. The van der Waals surface area contributed by atoms with E-state index in [1.165, 1.54) is 0 Å². The van der Waals surface area contributed by atoms with Gasteiger partial charge >= 0.3 is 13.2 Å². The van der Waals surface area contributed by atoms with Crippen LogP contribution in [0.4, 0.5) is 30.5 Å². The van der Waals surface area contributed by atoms with Crippen molar-refractivity contribution in [3.63, 3.8) is 0 Å². The number of hydrogen-bond donors (Lipinski definition) is 0. The van der Waals surface area contributed by atoms with Crippen LogP contribution < -0.4 is 0 Å². The van der Waals surface area contributed by atoms with Crippen LogP contribution in [0.2, 0.25) is 0 Å². The van der Waals surface area contributed by atoms with Gasteiger partial charge in [0.15, 0.2) is 0 Å². The van der Waals surface area contributed by atoms with Gasteiger partial charge in [-0.05, 0) is 17.7 Å². The molecule has 0 aliphatic heterocycles. The van der Waals surface area contributed by atoms with E-state index in [1.807, 2.05) is 0 Å². The van der Waals surface area contributed by atoms with Crippen molar-refractivity contribution in [2.45, 2.75) is 12.5 Å². The molecular formula is C8H5BF7-. The van der Waals surface area contributed by atoms with Crippen molar-refractivity contribution in [3.8, 4) is 0 Å². The normalized spacial score (nSPS) is 12.9. The second-order valence-electron chi connectivity index (χ2n) is 3.18. The highest BCUT2D eigenvalue weighted by Crippen LogP contribution is 2.34. The molecule has 0 saturated heterocycles. The summed E-state index contributed by atoms with van der Waals surface area (Å²) in [6, 6.07) is 1.73. The van der Waals surface area contributed by atoms with Gasteiger partial charge in [0.25, 0.3) is 0 Å². The Bertz CT molecular complexity index is 379. The van der Waals surface area contributed by atoms with E-state index in [-0.39, 0.29) is 0 Å². The third-order valence-electron chi connectivity index (χ3n) is 1.86. The first kappa shape index (κ1) is 12.9. The van der Waals surface area contributed by atoms with E-state index < -0.39 is 36.4 Å². The first-order valence-electron chi connectivity index (χ1n) is 4.17. The molecule has 0 bridgehead atoms. The Kier molecular flexibility index (Phi) is 3.21. The molecule has 0 unspecified atom stereocenters. The van der Waals surface area contributed by atoms with Crippen molar-refractivity contribution < 1.29 is 30.5 Å². The van der Waals surface area contributed by atoms with Crippen molar-refractivity contribution in [3.05, 3.63) is 35.1 Å². The van der Waals surface area contributed by atoms with E-state index in [2.05, 4.69) is 0 Å². The van der Waals surface area contributed by atoms with Gasteiger partial charge in [0.1, 0.15) is 5.82 Å². The maximum Gasteiger partial charge on any atom is 0.482 e. The zero-order chi connectivity index (χ0) is 12.6. The highest BCUT2D eigenvalue weighted by molar-refractivity contribution is 6.57. The van der Waals surface area contributed by atoms with E-state index in [0.29, 0.717) is 12.1 Å². The summed E-state index contributed by atoms with van der Waals surface area (Å²) in [7, 11) is 0. The SMILES string of the molecule is Fc1cccc(C(F)(F)F)c1C[B-](F)(F)F. The van der Waals surface area contributed by atoms with Gasteiger partial charge in [-0.15, -0.1) is 0 Å². The minimum atomic E-state index is -5.51. The molecule has 90 valence electrons. The molecule has 0 fully saturated rings. The maximum atomic E-state index is 12.9. The van der Waals surface area contributed by atoms with Crippen LogP contribution in [0.25, 0.3) is 0 Å². The van der Waals surface area contributed by atoms with Gasteiger partial charge in [0, 0.05) is 0 Å². The predicted molar refractivity (Wildman–Crippen MR) is 44.2 cm³/mol.